The molecule has 0 aromatic carbocycles. The van der Waals surface area contributed by atoms with Gasteiger partial charge in [0.05, 0.1) is 5.92 Å². The smallest absolute Gasteiger partial charge is 0.305 e. The summed E-state index contributed by atoms with van der Waals surface area (Å²) in [6, 6.07) is 0. The van der Waals surface area contributed by atoms with Gasteiger partial charge in [-0.25, -0.2) is 0 Å². The maximum atomic E-state index is 12.3. The van der Waals surface area contributed by atoms with Crippen LogP contribution in [0.15, 0.2) is 0 Å². The number of unbranched alkanes of at least 4 members (excludes halogenated alkanes) is 3. The van der Waals surface area contributed by atoms with Crippen molar-refractivity contribution < 1.29 is 28.6 Å². The highest BCUT2D eigenvalue weighted by molar-refractivity contribution is 8.78. The van der Waals surface area contributed by atoms with Crippen LogP contribution in [0.4, 0.5) is 0 Å². The van der Waals surface area contributed by atoms with Crippen LogP contribution in [0.25, 0.3) is 0 Å². The van der Waals surface area contributed by atoms with Crippen LogP contribution >= 0.6 is 64.8 Å². The van der Waals surface area contributed by atoms with Gasteiger partial charge >= 0.3 is 17.9 Å². The first kappa shape index (κ1) is 35.0. The van der Waals surface area contributed by atoms with Crippen LogP contribution in [0.2, 0.25) is 0 Å². The second-order valence-electron chi connectivity index (χ2n) is 10.6. The van der Waals surface area contributed by atoms with Crippen molar-refractivity contribution in [3.05, 3.63) is 0 Å². The van der Waals surface area contributed by atoms with Crippen LogP contribution in [0.1, 0.15) is 96.3 Å². The molecule has 0 saturated carbocycles. The van der Waals surface area contributed by atoms with Crippen LogP contribution in [0.3, 0.4) is 0 Å². The van der Waals surface area contributed by atoms with Gasteiger partial charge in [0, 0.05) is 52.3 Å². The van der Waals surface area contributed by atoms with Crippen LogP contribution in [-0.2, 0) is 28.6 Å². The summed E-state index contributed by atoms with van der Waals surface area (Å²) in [6.07, 6.45) is 14.0. The highest BCUT2D eigenvalue weighted by Gasteiger charge is 2.20. The van der Waals surface area contributed by atoms with Gasteiger partial charge in [-0.05, 0) is 57.8 Å². The van der Waals surface area contributed by atoms with Crippen molar-refractivity contribution in [2.75, 3.05) is 37.1 Å². The Bertz CT molecular complexity index is 631. The Morgan fingerprint density at radius 1 is 0.525 bits per heavy atom. The van der Waals surface area contributed by atoms with Crippen LogP contribution in [0.5, 0.6) is 0 Å². The first-order valence-electron chi connectivity index (χ1n) is 14.9. The molecule has 3 aliphatic rings. The van der Waals surface area contributed by atoms with Gasteiger partial charge in [0.2, 0.25) is 0 Å². The highest BCUT2D eigenvalue weighted by Crippen LogP contribution is 2.41. The van der Waals surface area contributed by atoms with Gasteiger partial charge in [0.15, 0.2) is 0 Å². The maximum Gasteiger partial charge on any atom is 0.305 e. The second kappa shape index (κ2) is 22.1. The molecule has 3 fully saturated rings. The van der Waals surface area contributed by atoms with E-state index in [0.29, 0.717) is 19.3 Å². The summed E-state index contributed by atoms with van der Waals surface area (Å²) in [4.78, 5) is 37.0. The van der Waals surface area contributed by atoms with Crippen molar-refractivity contribution in [1.29, 1.82) is 0 Å². The molecule has 3 unspecified atom stereocenters. The molecular formula is C28H46O6S6. The summed E-state index contributed by atoms with van der Waals surface area (Å²) in [7, 11) is 11.7. The van der Waals surface area contributed by atoms with Gasteiger partial charge in [0.1, 0.15) is 19.8 Å². The van der Waals surface area contributed by atoms with E-state index >= 15 is 0 Å². The van der Waals surface area contributed by atoms with Crippen LogP contribution < -0.4 is 0 Å². The average molecular weight is 671 g/mol. The number of ether oxygens (including phenoxy) is 3. The van der Waals surface area contributed by atoms with E-state index in [4.69, 9.17) is 14.2 Å². The standard InChI is InChI=1S/C28H46O6S6/c29-26(10-4-1-7-23-13-16-35-38-23)32-19-22(20-33-27(30)11-5-2-8-24-14-17-36-39-24)21-34-28(31)12-6-3-9-25-15-18-37-40-25/h22-25H,1-21H2. The molecule has 3 heterocycles. The molecule has 0 bridgehead atoms. The molecule has 0 aromatic rings. The minimum absolute atomic E-state index is 0.0989. The van der Waals surface area contributed by atoms with E-state index in [1.807, 2.05) is 64.8 Å². The molecule has 0 N–H and O–H groups in total. The third kappa shape index (κ3) is 16.4. The van der Waals surface area contributed by atoms with Gasteiger partial charge < -0.3 is 14.2 Å². The minimum Gasteiger partial charge on any atom is -0.465 e. The van der Waals surface area contributed by atoms with Crippen molar-refractivity contribution in [3.63, 3.8) is 0 Å². The molecule has 3 saturated heterocycles. The van der Waals surface area contributed by atoms with Crippen LogP contribution in [-0.4, -0.2) is 70.7 Å². The molecule has 3 rings (SSSR count). The molecule has 6 nitrogen and oxygen atoms in total. The Labute approximate surface area is 264 Å². The van der Waals surface area contributed by atoms with E-state index in [0.717, 1.165) is 73.5 Å². The highest BCUT2D eigenvalue weighted by atomic mass is 33.1. The number of hydrogen-bond donors (Lipinski definition) is 0. The molecule has 40 heavy (non-hydrogen) atoms. The maximum absolute atomic E-state index is 12.3. The summed E-state index contributed by atoms with van der Waals surface area (Å²) in [5, 5.41) is 2.16. The molecule has 3 atom stereocenters. The Hall–Kier alpha value is 0.510. The lowest BCUT2D eigenvalue weighted by atomic mass is 10.1. The Morgan fingerprint density at radius 3 is 1.12 bits per heavy atom. The van der Waals surface area contributed by atoms with Gasteiger partial charge in [-0.1, -0.05) is 84.0 Å². The lowest BCUT2D eigenvalue weighted by Crippen LogP contribution is -2.26. The third-order valence-electron chi connectivity index (χ3n) is 7.09. The third-order valence-corrected chi connectivity index (χ3v) is 16.1. The number of esters is 3. The summed E-state index contributed by atoms with van der Waals surface area (Å²) >= 11 is 0. The predicted molar refractivity (Wildman–Crippen MR) is 177 cm³/mol. The van der Waals surface area contributed by atoms with Crippen molar-refractivity contribution in [1.82, 2.24) is 0 Å². The predicted octanol–water partition coefficient (Wildman–Crippen LogP) is 8.37. The Balaban J connectivity index is 1.30. The minimum atomic E-state index is -0.345. The topological polar surface area (TPSA) is 78.9 Å². The van der Waals surface area contributed by atoms with Gasteiger partial charge in [0.25, 0.3) is 0 Å². The van der Waals surface area contributed by atoms with Crippen LogP contribution in [0, 0.1) is 5.92 Å². The molecule has 12 heteroatoms. The van der Waals surface area contributed by atoms with E-state index in [1.54, 1.807) is 0 Å². The molecule has 0 radical (unpaired) electrons. The van der Waals surface area contributed by atoms with Gasteiger partial charge in [-0.15, -0.1) is 0 Å². The molecular weight excluding hydrogens is 625 g/mol. The summed E-state index contributed by atoms with van der Waals surface area (Å²) in [6.45, 7) is 0.297. The second-order valence-corrected chi connectivity index (χ2v) is 19.0. The lowest BCUT2D eigenvalue weighted by Gasteiger charge is -2.18. The molecule has 0 aromatic heterocycles. The number of carbonyl (C=O) groups is 3. The van der Waals surface area contributed by atoms with Crippen molar-refractivity contribution in [2.24, 2.45) is 5.92 Å². The van der Waals surface area contributed by atoms with Crippen molar-refractivity contribution in [2.45, 2.75) is 112 Å². The SMILES string of the molecule is O=C(CCCCC1CCSS1)OCC(COC(=O)CCCCC1CCSS1)COC(=O)CCCCC1CCSS1. The monoisotopic (exact) mass is 670 g/mol. The zero-order chi connectivity index (χ0) is 28.3. The van der Waals surface area contributed by atoms with Crippen molar-refractivity contribution >= 4 is 82.7 Å². The summed E-state index contributed by atoms with van der Waals surface area (Å²) in [5.41, 5.74) is 0. The first-order chi connectivity index (χ1) is 19.6. The Morgan fingerprint density at radius 2 is 0.850 bits per heavy atom. The van der Waals surface area contributed by atoms with Gasteiger partial charge in [-0.2, -0.15) is 0 Å². The molecule has 3 aliphatic heterocycles. The fourth-order valence-electron chi connectivity index (χ4n) is 4.61. The van der Waals surface area contributed by atoms with Gasteiger partial charge in [-0.3, -0.25) is 14.4 Å². The molecule has 230 valence electrons. The average Bonchev–Trinajstić information content (AvgIpc) is 3.75. The Kier molecular flexibility index (Phi) is 19.3. The first-order valence-corrected chi connectivity index (χ1v) is 22.0. The summed E-state index contributed by atoms with van der Waals surface area (Å²) in [5.74, 6) is 2.64. The van der Waals surface area contributed by atoms with Crippen molar-refractivity contribution in [3.8, 4) is 0 Å². The molecule has 0 spiro atoms. The number of carbonyl (C=O) groups excluding carboxylic acids is 3. The van der Waals surface area contributed by atoms with E-state index < -0.39 is 0 Å². The van der Waals surface area contributed by atoms with E-state index in [-0.39, 0.29) is 43.6 Å². The zero-order valence-electron chi connectivity index (χ0n) is 23.6. The molecule has 0 amide bonds. The zero-order valence-corrected chi connectivity index (χ0v) is 28.5. The largest absolute Gasteiger partial charge is 0.465 e. The van der Waals surface area contributed by atoms with E-state index in [9.17, 15) is 14.4 Å². The number of hydrogen-bond acceptors (Lipinski definition) is 12. The normalized spacial score (nSPS) is 23.2. The fourth-order valence-corrected chi connectivity index (χ4v) is 13.7. The fraction of sp³-hybridized carbons (Fsp3) is 0.893. The van der Waals surface area contributed by atoms with E-state index in [2.05, 4.69) is 0 Å². The van der Waals surface area contributed by atoms with E-state index in [1.165, 1.54) is 36.5 Å². The number of rotatable bonds is 21. The summed E-state index contributed by atoms with van der Waals surface area (Å²) < 4.78 is 16.5. The lowest BCUT2D eigenvalue weighted by molar-refractivity contribution is -0.153. The molecule has 0 aliphatic carbocycles. The quantitative estimate of drug-likeness (QED) is 0.0509.